The molecule has 2 nitrogen and oxygen atoms in total. The first-order valence-electron chi connectivity index (χ1n) is 7.48. The molecular weight excluding hydrogens is 222 g/mol. The second-order valence-electron chi connectivity index (χ2n) is 5.60. The lowest BCUT2D eigenvalue weighted by molar-refractivity contribution is 0.0981. The van der Waals surface area contributed by atoms with Crippen LogP contribution in [0.1, 0.15) is 68.6 Å². The van der Waals surface area contributed by atoms with Gasteiger partial charge in [-0.1, -0.05) is 39.0 Å². The van der Waals surface area contributed by atoms with E-state index in [1.54, 1.807) is 0 Å². The molecule has 100 valence electrons. The van der Waals surface area contributed by atoms with Crippen LogP contribution in [-0.2, 0) is 6.54 Å². The zero-order valence-corrected chi connectivity index (χ0v) is 11.5. The molecule has 0 unspecified atom stereocenters. The molecule has 1 aliphatic rings. The van der Waals surface area contributed by atoms with Crippen LogP contribution >= 0.6 is 0 Å². The van der Waals surface area contributed by atoms with Crippen molar-refractivity contribution in [3.8, 4) is 0 Å². The summed E-state index contributed by atoms with van der Waals surface area (Å²) in [6.45, 7) is 3.13. The fourth-order valence-corrected chi connectivity index (χ4v) is 2.92. The van der Waals surface area contributed by atoms with Gasteiger partial charge in [0.05, 0.1) is 0 Å². The topological polar surface area (TPSA) is 22.0 Å². The molecule has 1 aromatic rings. The lowest BCUT2D eigenvalue weighted by Gasteiger charge is -2.21. The van der Waals surface area contributed by atoms with E-state index in [2.05, 4.69) is 17.7 Å². The Morgan fingerprint density at radius 3 is 2.83 bits per heavy atom. The summed E-state index contributed by atoms with van der Waals surface area (Å²) in [7, 11) is 0. The maximum atomic E-state index is 11.8. The van der Waals surface area contributed by atoms with Crippen molar-refractivity contribution in [1.29, 1.82) is 0 Å². The molecule has 1 aromatic heterocycles. The standard InChI is InChI=1S/C16H25NO/c1-2-6-16(18)15-10-12-17(13-15)11-9-14-7-4-3-5-8-14/h10,12-14H,2-9,11H2,1H3. The van der Waals surface area contributed by atoms with Crippen LogP contribution in [0.5, 0.6) is 0 Å². The zero-order chi connectivity index (χ0) is 12.8. The van der Waals surface area contributed by atoms with Gasteiger partial charge in [0, 0.05) is 30.9 Å². The molecule has 0 aliphatic heterocycles. The van der Waals surface area contributed by atoms with Gasteiger partial charge in [0.2, 0.25) is 0 Å². The molecule has 2 rings (SSSR count). The van der Waals surface area contributed by atoms with Crippen molar-refractivity contribution in [3.63, 3.8) is 0 Å². The van der Waals surface area contributed by atoms with Crippen LogP contribution in [0.4, 0.5) is 0 Å². The number of carbonyl (C=O) groups excluding carboxylic acids is 1. The van der Waals surface area contributed by atoms with Gasteiger partial charge >= 0.3 is 0 Å². The molecule has 0 radical (unpaired) electrons. The Morgan fingerprint density at radius 2 is 2.11 bits per heavy atom. The van der Waals surface area contributed by atoms with E-state index in [-0.39, 0.29) is 5.78 Å². The number of hydrogen-bond donors (Lipinski definition) is 0. The normalized spacial score (nSPS) is 16.9. The van der Waals surface area contributed by atoms with Crippen molar-refractivity contribution in [3.05, 3.63) is 24.0 Å². The minimum absolute atomic E-state index is 0.286. The first-order chi connectivity index (χ1) is 8.79. The molecule has 0 amide bonds. The minimum Gasteiger partial charge on any atom is -0.353 e. The Labute approximate surface area is 110 Å². The van der Waals surface area contributed by atoms with Crippen molar-refractivity contribution in [2.75, 3.05) is 0 Å². The molecule has 1 fully saturated rings. The molecule has 1 aliphatic carbocycles. The van der Waals surface area contributed by atoms with E-state index < -0.39 is 0 Å². The van der Waals surface area contributed by atoms with Crippen LogP contribution in [0.15, 0.2) is 18.5 Å². The molecule has 1 heterocycles. The fourth-order valence-electron chi connectivity index (χ4n) is 2.92. The highest BCUT2D eigenvalue weighted by atomic mass is 16.1. The summed E-state index contributed by atoms with van der Waals surface area (Å²) in [6.07, 6.45) is 14.0. The maximum absolute atomic E-state index is 11.8. The van der Waals surface area contributed by atoms with Crippen LogP contribution in [0.3, 0.4) is 0 Å². The van der Waals surface area contributed by atoms with Crippen LogP contribution in [0, 0.1) is 5.92 Å². The molecule has 0 aromatic carbocycles. The molecule has 0 saturated heterocycles. The third-order valence-electron chi connectivity index (χ3n) is 4.07. The molecule has 0 bridgehead atoms. The van der Waals surface area contributed by atoms with E-state index in [4.69, 9.17) is 0 Å². The maximum Gasteiger partial charge on any atom is 0.164 e. The summed E-state index contributed by atoms with van der Waals surface area (Å²) < 4.78 is 2.19. The molecule has 0 spiro atoms. The Bertz CT molecular complexity index is 374. The van der Waals surface area contributed by atoms with Gasteiger partial charge in [-0.05, 0) is 24.8 Å². The van der Waals surface area contributed by atoms with Crippen molar-refractivity contribution in [2.45, 2.75) is 64.8 Å². The van der Waals surface area contributed by atoms with E-state index in [0.717, 1.165) is 24.4 Å². The fraction of sp³-hybridized carbons (Fsp3) is 0.688. The minimum atomic E-state index is 0.286. The van der Waals surface area contributed by atoms with Crippen LogP contribution in [0.2, 0.25) is 0 Å². The van der Waals surface area contributed by atoms with E-state index >= 15 is 0 Å². The Hall–Kier alpha value is -1.05. The molecule has 1 saturated carbocycles. The molecule has 2 heteroatoms. The Balaban J connectivity index is 1.80. The summed E-state index contributed by atoms with van der Waals surface area (Å²) in [5, 5.41) is 0. The summed E-state index contributed by atoms with van der Waals surface area (Å²) in [6, 6.07) is 1.97. The van der Waals surface area contributed by atoms with E-state index in [1.807, 2.05) is 12.3 Å². The SMILES string of the molecule is CCCC(=O)c1ccn(CCC2CCCCC2)c1. The van der Waals surface area contributed by atoms with Gasteiger partial charge in [0.1, 0.15) is 0 Å². The number of hydrogen-bond acceptors (Lipinski definition) is 1. The predicted octanol–water partition coefficient (Wildman–Crippen LogP) is 4.44. The van der Waals surface area contributed by atoms with Crippen LogP contribution < -0.4 is 0 Å². The number of Topliss-reactive ketones (excluding diaryl/α,β-unsaturated/α-hetero) is 1. The highest BCUT2D eigenvalue weighted by Crippen LogP contribution is 2.26. The summed E-state index contributed by atoms with van der Waals surface area (Å²) in [5.41, 5.74) is 0.889. The molecule has 0 atom stereocenters. The number of nitrogens with zero attached hydrogens (tertiary/aromatic N) is 1. The Morgan fingerprint density at radius 1 is 1.33 bits per heavy atom. The van der Waals surface area contributed by atoms with Crippen molar-refractivity contribution in [1.82, 2.24) is 4.57 Å². The van der Waals surface area contributed by atoms with Gasteiger partial charge in [-0.15, -0.1) is 0 Å². The smallest absolute Gasteiger partial charge is 0.164 e. The third-order valence-corrected chi connectivity index (χ3v) is 4.07. The second-order valence-corrected chi connectivity index (χ2v) is 5.60. The van der Waals surface area contributed by atoms with Crippen molar-refractivity contribution >= 4 is 5.78 Å². The largest absolute Gasteiger partial charge is 0.353 e. The highest BCUT2D eigenvalue weighted by molar-refractivity contribution is 5.95. The van der Waals surface area contributed by atoms with Crippen LogP contribution in [0.25, 0.3) is 0 Å². The van der Waals surface area contributed by atoms with Crippen molar-refractivity contribution in [2.24, 2.45) is 5.92 Å². The summed E-state index contributed by atoms with van der Waals surface area (Å²) in [5.74, 6) is 1.20. The quantitative estimate of drug-likeness (QED) is 0.681. The first-order valence-corrected chi connectivity index (χ1v) is 7.48. The predicted molar refractivity (Wildman–Crippen MR) is 74.9 cm³/mol. The van der Waals surface area contributed by atoms with E-state index in [0.29, 0.717) is 6.42 Å². The lowest BCUT2D eigenvalue weighted by Crippen LogP contribution is -2.09. The van der Waals surface area contributed by atoms with Gasteiger partial charge in [0.25, 0.3) is 0 Å². The Kier molecular flexibility index (Phi) is 5.03. The van der Waals surface area contributed by atoms with Gasteiger partial charge in [-0.2, -0.15) is 0 Å². The van der Waals surface area contributed by atoms with E-state index in [9.17, 15) is 4.79 Å². The summed E-state index contributed by atoms with van der Waals surface area (Å²) in [4.78, 5) is 11.8. The van der Waals surface area contributed by atoms with Gasteiger partial charge in [-0.3, -0.25) is 4.79 Å². The third kappa shape index (κ3) is 3.72. The first kappa shape index (κ1) is 13.4. The van der Waals surface area contributed by atoms with Crippen LogP contribution in [-0.4, -0.2) is 10.4 Å². The van der Waals surface area contributed by atoms with Crippen molar-refractivity contribution < 1.29 is 4.79 Å². The van der Waals surface area contributed by atoms with Gasteiger partial charge in [0.15, 0.2) is 5.78 Å². The number of carbonyl (C=O) groups is 1. The second kappa shape index (κ2) is 6.77. The van der Waals surface area contributed by atoms with E-state index in [1.165, 1.54) is 38.5 Å². The van der Waals surface area contributed by atoms with Gasteiger partial charge in [-0.25, -0.2) is 0 Å². The number of aromatic nitrogens is 1. The number of aryl methyl sites for hydroxylation is 1. The molecule has 0 N–H and O–H groups in total. The average molecular weight is 247 g/mol. The molecule has 18 heavy (non-hydrogen) atoms. The highest BCUT2D eigenvalue weighted by Gasteiger charge is 2.13. The summed E-state index contributed by atoms with van der Waals surface area (Å²) >= 11 is 0. The molecular formula is C16H25NO. The number of rotatable bonds is 6. The zero-order valence-electron chi connectivity index (χ0n) is 11.5. The monoisotopic (exact) mass is 247 g/mol. The average Bonchev–Trinajstić information content (AvgIpc) is 2.87. The lowest BCUT2D eigenvalue weighted by atomic mass is 9.87. The number of ketones is 1. The van der Waals surface area contributed by atoms with Gasteiger partial charge < -0.3 is 4.57 Å².